The maximum absolute atomic E-state index is 11.4. The minimum atomic E-state index is -1.73. The topological polar surface area (TPSA) is 74.3 Å². The Kier molecular flexibility index (Phi) is 3.54. The first-order chi connectivity index (χ1) is 6.50. The first-order valence-electron chi connectivity index (χ1n) is 4.25. The molecular weight excluding hydrogens is 275 g/mol. The van der Waals surface area contributed by atoms with Gasteiger partial charge in [-0.2, -0.15) is 0 Å². The van der Waals surface area contributed by atoms with E-state index in [0.29, 0.717) is 30.0 Å². The van der Waals surface area contributed by atoms with Crippen LogP contribution >= 0.6 is 0 Å². The van der Waals surface area contributed by atoms with Gasteiger partial charge in [-0.25, -0.2) is 0 Å². The monoisotopic (exact) mass is 286 g/mol. The zero-order valence-electron chi connectivity index (χ0n) is 7.79. The quantitative estimate of drug-likeness (QED) is 0.402. The SMILES string of the molecule is CC(=O)C1(C(=O)C(=O)[O-])C[CH2][Rh+][CH2]C1. The van der Waals surface area contributed by atoms with Gasteiger partial charge in [-0.3, -0.25) is 0 Å². The molecule has 0 atom stereocenters. The zero-order valence-corrected chi connectivity index (χ0v) is 9.43. The summed E-state index contributed by atoms with van der Waals surface area (Å²) in [6.07, 6.45) is 0.775. The fourth-order valence-electron chi connectivity index (χ4n) is 1.55. The molecule has 14 heavy (non-hydrogen) atoms. The molecule has 0 spiro atoms. The molecule has 0 aromatic carbocycles. The molecule has 0 unspecified atom stereocenters. The third kappa shape index (κ3) is 1.92. The van der Waals surface area contributed by atoms with Crippen LogP contribution in [0.4, 0.5) is 0 Å². The summed E-state index contributed by atoms with van der Waals surface area (Å²) < 4.78 is 0. The number of carboxylic acid groups (broad SMARTS) is 1. The Morgan fingerprint density at radius 2 is 1.71 bits per heavy atom. The average molecular weight is 286 g/mol. The molecule has 1 aliphatic heterocycles. The number of ketones is 2. The van der Waals surface area contributed by atoms with Crippen LogP contribution in [0.1, 0.15) is 19.8 Å². The summed E-state index contributed by atoms with van der Waals surface area (Å²) in [6, 6.07) is 0. The van der Waals surface area contributed by atoms with Crippen molar-refractivity contribution in [3.63, 3.8) is 0 Å². The molecule has 0 N–H and O–H groups in total. The number of carbonyl (C=O) groups is 3. The predicted molar refractivity (Wildman–Crippen MR) is 42.0 cm³/mol. The summed E-state index contributed by atoms with van der Waals surface area (Å²) in [5, 5.41) is 12.1. The number of carbonyl (C=O) groups excluding carboxylic acids is 3. The molecule has 80 valence electrons. The Bertz CT molecular complexity index is 279. The average Bonchev–Trinajstić information content (AvgIpc) is 2.17. The number of hydrogen-bond acceptors (Lipinski definition) is 4. The van der Waals surface area contributed by atoms with Crippen LogP contribution < -0.4 is 5.11 Å². The van der Waals surface area contributed by atoms with Crippen molar-refractivity contribution in [3.05, 3.63) is 0 Å². The number of rotatable bonds is 3. The Labute approximate surface area is 89.7 Å². The summed E-state index contributed by atoms with van der Waals surface area (Å²) in [5.41, 5.74) is -1.26. The van der Waals surface area contributed by atoms with Crippen LogP contribution in [0.3, 0.4) is 0 Å². The molecule has 1 saturated heterocycles. The van der Waals surface area contributed by atoms with Crippen LogP contribution in [0, 0.1) is 5.41 Å². The van der Waals surface area contributed by atoms with E-state index < -0.39 is 17.2 Å². The van der Waals surface area contributed by atoms with Gasteiger partial charge in [-0.05, 0) is 0 Å². The van der Waals surface area contributed by atoms with Gasteiger partial charge in [0, 0.05) is 0 Å². The predicted octanol–water partition coefficient (Wildman–Crippen LogP) is -0.406. The zero-order chi connectivity index (χ0) is 10.8. The molecule has 0 radical (unpaired) electrons. The fraction of sp³-hybridized carbons (Fsp3) is 0.667. The Balaban J connectivity index is 2.97. The van der Waals surface area contributed by atoms with Gasteiger partial charge in [0.2, 0.25) is 0 Å². The van der Waals surface area contributed by atoms with E-state index in [1.165, 1.54) is 6.92 Å². The van der Waals surface area contributed by atoms with Gasteiger partial charge in [-0.1, -0.05) is 0 Å². The number of hydrogen-bond donors (Lipinski definition) is 0. The van der Waals surface area contributed by atoms with Gasteiger partial charge in [0.15, 0.2) is 0 Å². The van der Waals surface area contributed by atoms with Crippen LogP contribution in [0.5, 0.6) is 0 Å². The van der Waals surface area contributed by atoms with Crippen molar-refractivity contribution in [3.8, 4) is 0 Å². The van der Waals surface area contributed by atoms with Crippen molar-refractivity contribution in [1.82, 2.24) is 0 Å². The molecule has 4 nitrogen and oxygen atoms in total. The molecule has 0 amide bonds. The summed E-state index contributed by atoms with van der Waals surface area (Å²) in [4.78, 5) is 33.2. The van der Waals surface area contributed by atoms with Crippen molar-refractivity contribution < 1.29 is 36.6 Å². The molecule has 0 aromatic rings. The van der Waals surface area contributed by atoms with E-state index in [-0.39, 0.29) is 5.78 Å². The van der Waals surface area contributed by atoms with Crippen molar-refractivity contribution in [2.24, 2.45) is 5.41 Å². The third-order valence-corrected chi connectivity index (χ3v) is 4.53. The molecule has 0 aromatic heterocycles. The van der Waals surface area contributed by atoms with Crippen LogP contribution in [0.15, 0.2) is 0 Å². The molecule has 1 fully saturated rings. The maximum atomic E-state index is 11.4. The van der Waals surface area contributed by atoms with E-state index >= 15 is 0 Å². The molecular formula is C9H11O4Rh. The summed E-state index contributed by atoms with van der Waals surface area (Å²) in [6.45, 7) is 1.29. The summed E-state index contributed by atoms with van der Waals surface area (Å²) in [5.74, 6) is -3.08. The first kappa shape index (κ1) is 11.5. The molecule has 1 aliphatic rings. The van der Waals surface area contributed by atoms with Crippen molar-refractivity contribution in [2.45, 2.75) is 29.8 Å². The molecule has 0 bridgehead atoms. The molecule has 0 aliphatic carbocycles. The Morgan fingerprint density at radius 3 is 2.07 bits per heavy atom. The van der Waals surface area contributed by atoms with Crippen molar-refractivity contribution >= 4 is 17.5 Å². The van der Waals surface area contributed by atoms with E-state index in [4.69, 9.17) is 0 Å². The second-order valence-corrected chi connectivity index (χ2v) is 5.71. The Hall–Kier alpha value is -0.567. The van der Waals surface area contributed by atoms with E-state index in [1.807, 2.05) is 0 Å². The van der Waals surface area contributed by atoms with Crippen molar-refractivity contribution in [2.75, 3.05) is 0 Å². The second kappa shape index (κ2) is 4.30. The van der Waals surface area contributed by atoms with E-state index in [2.05, 4.69) is 0 Å². The minimum absolute atomic E-state index is 0.330. The van der Waals surface area contributed by atoms with Crippen LogP contribution in [-0.2, 0) is 31.5 Å². The van der Waals surface area contributed by atoms with Gasteiger partial charge in [0.25, 0.3) is 0 Å². The van der Waals surface area contributed by atoms with Gasteiger partial charge in [0.1, 0.15) is 0 Å². The molecule has 0 saturated carbocycles. The van der Waals surface area contributed by atoms with Gasteiger partial charge in [-0.15, -0.1) is 0 Å². The molecule has 5 heteroatoms. The van der Waals surface area contributed by atoms with Gasteiger partial charge in [0.05, 0.1) is 0 Å². The van der Waals surface area contributed by atoms with Gasteiger partial charge < -0.3 is 0 Å². The summed E-state index contributed by atoms with van der Waals surface area (Å²) >= 11 is 0.389. The first-order valence-corrected chi connectivity index (χ1v) is 6.56. The third-order valence-electron chi connectivity index (χ3n) is 2.55. The van der Waals surface area contributed by atoms with Crippen LogP contribution in [0.2, 0.25) is 10.0 Å². The van der Waals surface area contributed by atoms with E-state index in [0.717, 1.165) is 10.0 Å². The van der Waals surface area contributed by atoms with E-state index in [9.17, 15) is 19.5 Å². The van der Waals surface area contributed by atoms with E-state index in [1.54, 1.807) is 0 Å². The fourth-order valence-corrected chi connectivity index (χ4v) is 3.93. The van der Waals surface area contributed by atoms with Crippen LogP contribution in [-0.4, -0.2) is 17.5 Å². The standard InChI is InChI=1S/C9H12O4.Rh/c1-4-9(5-2,6(3)10)7(11)8(12)13;/h1-2,4-5H2,3H3,(H,12,13);/q;+1/p-1. The van der Waals surface area contributed by atoms with Crippen LogP contribution in [0.25, 0.3) is 0 Å². The second-order valence-electron chi connectivity index (χ2n) is 3.25. The normalized spacial score (nSPS) is 20.6. The Morgan fingerprint density at radius 1 is 1.21 bits per heavy atom. The number of aliphatic carboxylic acids is 1. The molecule has 1 heterocycles. The van der Waals surface area contributed by atoms with Crippen molar-refractivity contribution in [1.29, 1.82) is 0 Å². The number of carboxylic acids is 1. The summed E-state index contributed by atoms with van der Waals surface area (Å²) in [7, 11) is 0. The number of Topliss-reactive ketones (excluding diaryl/α,β-unsaturated/α-hetero) is 2. The molecule has 1 rings (SSSR count). The van der Waals surface area contributed by atoms with Gasteiger partial charge >= 0.3 is 89.4 Å².